The van der Waals surface area contributed by atoms with Crippen molar-refractivity contribution in [1.82, 2.24) is 9.55 Å². The minimum Gasteiger partial charge on any atom is -0.495 e. The van der Waals surface area contributed by atoms with Crippen molar-refractivity contribution in [3.8, 4) is 5.75 Å². The third-order valence-electron chi connectivity index (χ3n) is 2.45. The molecule has 0 fully saturated rings. The molecule has 0 aliphatic carbocycles. The van der Waals surface area contributed by atoms with E-state index >= 15 is 0 Å². The van der Waals surface area contributed by atoms with Crippen molar-refractivity contribution in [2.45, 2.75) is 6.92 Å². The SMILES string of the molecule is COc1cc(Br)cc(C)c1NC(=O)n1ccnc1. The normalized spacial score (nSPS) is 10.2. The zero-order chi connectivity index (χ0) is 13.1. The molecule has 0 atom stereocenters. The van der Waals surface area contributed by atoms with E-state index < -0.39 is 0 Å². The van der Waals surface area contributed by atoms with Crippen LogP contribution in [0.1, 0.15) is 5.56 Å². The van der Waals surface area contributed by atoms with Gasteiger partial charge in [0.2, 0.25) is 0 Å². The molecule has 1 N–H and O–H groups in total. The minimum absolute atomic E-state index is 0.281. The number of aryl methyl sites for hydroxylation is 1. The van der Waals surface area contributed by atoms with Crippen LogP contribution in [0.2, 0.25) is 0 Å². The Morgan fingerprint density at radius 3 is 2.89 bits per heavy atom. The lowest BCUT2D eigenvalue weighted by Gasteiger charge is -2.13. The smallest absolute Gasteiger partial charge is 0.331 e. The molecule has 18 heavy (non-hydrogen) atoms. The minimum atomic E-state index is -0.281. The van der Waals surface area contributed by atoms with E-state index in [9.17, 15) is 4.79 Å². The molecular weight excluding hydrogens is 298 g/mol. The van der Waals surface area contributed by atoms with Crippen LogP contribution in [0.4, 0.5) is 10.5 Å². The summed E-state index contributed by atoms with van der Waals surface area (Å²) in [4.78, 5) is 15.8. The average molecular weight is 310 g/mol. The number of hydrogen-bond donors (Lipinski definition) is 1. The van der Waals surface area contributed by atoms with E-state index in [4.69, 9.17) is 4.74 Å². The number of halogens is 1. The van der Waals surface area contributed by atoms with Crippen LogP contribution in [0.5, 0.6) is 5.75 Å². The highest BCUT2D eigenvalue weighted by atomic mass is 79.9. The van der Waals surface area contributed by atoms with Crippen LogP contribution in [0.3, 0.4) is 0 Å². The summed E-state index contributed by atoms with van der Waals surface area (Å²) < 4.78 is 7.52. The Labute approximate surface area is 113 Å². The van der Waals surface area contributed by atoms with E-state index in [0.717, 1.165) is 10.0 Å². The highest BCUT2D eigenvalue weighted by molar-refractivity contribution is 9.10. The van der Waals surface area contributed by atoms with E-state index in [1.54, 1.807) is 25.6 Å². The summed E-state index contributed by atoms with van der Waals surface area (Å²) in [6.45, 7) is 1.90. The number of carbonyl (C=O) groups excluding carboxylic acids is 1. The third kappa shape index (κ3) is 2.53. The molecule has 94 valence electrons. The van der Waals surface area contributed by atoms with Gasteiger partial charge in [-0.2, -0.15) is 0 Å². The van der Waals surface area contributed by atoms with E-state index in [0.29, 0.717) is 11.4 Å². The average Bonchev–Trinajstić information content (AvgIpc) is 2.85. The van der Waals surface area contributed by atoms with Crippen molar-refractivity contribution in [3.05, 3.63) is 40.9 Å². The monoisotopic (exact) mass is 309 g/mol. The molecule has 2 rings (SSSR count). The first-order chi connectivity index (χ1) is 8.61. The number of methoxy groups -OCH3 is 1. The van der Waals surface area contributed by atoms with Crippen molar-refractivity contribution in [2.75, 3.05) is 12.4 Å². The van der Waals surface area contributed by atoms with Crippen molar-refractivity contribution >= 4 is 27.6 Å². The van der Waals surface area contributed by atoms with Crippen molar-refractivity contribution in [2.24, 2.45) is 0 Å². The van der Waals surface area contributed by atoms with Gasteiger partial charge in [-0.05, 0) is 24.6 Å². The summed E-state index contributed by atoms with van der Waals surface area (Å²) in [6, 6.07) is 3.43. The van der Waals surface area contributed by atoms with Crippen LogP contribution in [0.15, 0.2) is 35.3 Å². The standard InChI is InChI=1S/C12H12BrN3O2/c1-8-5-9(13)6-10(18-2)11(8)15-12(17)16-4-3-14-7-16/h3-7H,1-2H3,(H,15,17). The van der Waals surface area contributed by atoms with Gasteiger partial charge in [0.05, 0.1) is 12.8 Å². The zero-order valence-electron chi connectivity index (χ0n) is 9.98. The maximum Gasteiger partial charge on any atom is 0.331 e. The van der Waals surface area contributed by atoms with Crippen LogP contribution >= 0.6 is 15.9 Å². The van der Waals surface area contributed by atoms with Crippen molar-refractivity contribution in [3.63, 3.8) is 0 Å². The van der Waals surface area contributed by atoms with E-state index in [1.807, 2.05) is 13.0 Å². The van der Waals surface area contributed by atoms with Gasteiger partial charge in [0.15, 0.2) is 0 Å². The second-order valence-corrected chi connectivity index (χ2v) is 4.62. The molecule has 6 heteroatoms. The molecule has 0 spiro atoms. The second kappa shape index (κ2) is 5.22. The van der Waals surface area contributed by atoms with Crippen molar-refractivity contribution < 1.29 is 9.53 Å². The Bertz CT molecular complexity index is 567. The van der Waals surface area contributed by atoms with Crippen molar-refractivity contribution in [1.29, 1.82) is 0 Å². The molecule has 0 saturated heterocycles. The van der Waals surface area contributed by atoms with E-state index in [1.165, 1.54) is 10.9 Å². The number of hydrogen-bond acceptors (Lipinski definition) is 3. The van der Waals surface area contributed by atoms with Crippen LogP contribution in [-0.4, -0.2) is 22.7 Å². The summed E-state index contributed by atoms with van der Waals surface area (Å²) in [6.07, 6.45) is 4.57. The van der Waals surface area contributed by atoms with E-state index in [-0.39, 0.29) is 6.03 Å². The first-order valence-electron chi connectivity index (χ1n) is 5.25. The molecule has 1 heterocycles. The number of imidazole rings is 1. The van der Waals surface area contributed by atoms with E-state index in [2.05, 4.69) is 26.2 Å². The van der Waals surface area contributed by atoms with Gasteiger partial charge >= 0.3 is 6.03 Å². The maximum absolute atomic E-state index is 11.9. The molecule has 0 aliphatic heterocycles. The quantitative estimate of drug-likeness (QED) is 0.927. The van der Waals surface area contributed by atoms with Crippen LogP contribution in [0.25, 0.3) is 0 Å². The summed E-state index contributed by atoms with van der Waals surface area (Å²) in [5.41, 5.74) is 1.56. The molecule has 1 aromatic carbocycles. The predicted octanol–water partition coefficient (Wildman–Crippen LogP) is 3.04. The highest BCUT2D eigenvalue weighted by Gasteiger charge is 2.12. The fraction of sp³-hybridized carbons (Fsp3) is 0.167. The Morgan fingerprint density at radius 1 is 1.50 bits per heavy atom. The van der Waals surface area contributed by atoms with Crippen LogP contribution in [-0.2, 0) is 0 Å². The highest BCUT2D eigenvalue weighted by Crippen LogP contribution is 2.32. The van der Waals surface area contributed by atoms with Crippen LogP contribution in [0, 0.1) is 6.92 Å². The predicted molar refractivity (Wildman–Crippen MR) is 72.1 cm³/mol. The van der Waals surface area contributed by atoms with Gasteiger partial charge in [0, 0.05) is 16.9 Å². The van der Waals surface area contributed by atoms with Gasteiger partial charge in [-0.25, -0.2) is 9.78 Å². The largest absolute Gasteiger partial charge is 0.495 e. The Kier molecular flexibility index (Phi) is 3.66. The summed E-state index contributed by atoms with van der Waals surface area (Å²) in [7, 11) is 1.56. The number of rotatable bonds is 2. The topological polar surface area (TPSA) is 56.1 Å². The number of aromatic nitrogens is 2. The lowest BCUT2D eigenvalue weighted by Crippen LogP contribution is -2.18. The maximum atomic E-state index is 11.9. The fourth-order valence-electron chi connectivity index (χ4n) is 1.58. The molecule has 5 nitrogen and oxygen atoms in total. The number of carbonyl (C=O) groups is 1. The number of nitrogens with one attached hydrogen (secondary N) is 1. The molecular formula is C12H12BrN3O2. The first kappa shape index (κ1) is 12.6. The van der Waals surface area contributed by atoms with Crippen LogP contribution < -0.4 is 10.1 Å². The lowest BCUT2D eigenvalue weighted by molar-refractivity contribution is 0.253. The molecule has 1 aromatic heterocycles. The summed E-state index contributed by atoms with van der Waals surface area (Å²) >= 11 is 3.38. The third-order valence-corrected chi connectivity index (χ3v) is 2.91. The summed E-state index contributed by atoms with van der Waals surface area (Å²) in [5, 5.41) is 2.80. The Balaban J connectivity index is 2.31. The van der Waals surface area contributed by atoms with Gasteiger partial charge in [-0.15, -0.1) is 0 Å². The molecule has 0 saturated carbocycles. The van der Waals surface area contributed by atoms with Gasteiger partial charge in [0.25, 0.3) is 0 Å². The molecule has 1 amide bonds. The number of benzene rings is 1. The second-order valence-electron chi connectivity index (χ2n) is 3.70. The molecule has 0 bridgehead atoms. The zero-order valence-corrected chi connectivity index (χ0v) is 11.6. The van der Waals surface area contributed by atoms with Gasteiger partial charge in [-0.1, -0.05) is 15.9 Å². The lowest BCUT2D eigenvalue weighted by atomic mass is 10.2. The number of ether oxygens (including phenoxy) is 1. The first-order valence-corrected chi connectivity index (χ1v) is 6.04. The molecule has 0 radical (unpaired) electrons. The molecule has 2 aromatic rings. The van der Waals surface area contributed by atoms with Gasteiger partial charge in [-0.3, -0.25) is 4.57 Å². The van der Waals surface area contributed by atoms with Gasteiger partial charge in [0.1, 0.15) is 12.1 Å². The summed E-state index contributed by atoms with van der Waals surface area (Å²) in [5.74, 6) is 0.607. The molecule has 0 aliphatic rings. The number of anilines is 1. The Morgan fingerprint density at radius 2 is 2.28 bits per heavy atom. The molecule has 0 unspecified atom stereocenters. The Hall–Kier alpha value is -1.82. The number of nitrogens with zero attached hydrogens (tertiary/aromatic N) is 2. The van der Waals surface area contributed by atoms with Gasteiger partial charge < -0.3 is 10.1 Å². The number of amides is 1. The fourth-order valence-corrected chi connectivity index (χ4v) is 2.14.